The Morgan fingerprint density at radius 1 is 1.14 bits per heavy atom. The van der Waals surface area contributed by atoms with Gasteiger partial charge in [-0.3, -0.25) is 0 Å². The fraction of sp³-hybridized carbons (Fsp3) is 0.167. The van der Waals surface area contributed by atoms with Crippen molar-refractivity contribution in [2.24, 2.45) is 4.99 Å². The van der Waals surface area contributed by atoms with Crippen molar-refractivity contribution < 1.29 is 30.5 Å². The van der Waals surface area contributed by atoms with E-state index in [-0.39, 0.29) is 18.1 Å². The van der Waals surface area contributed by atoms with E-state index in [0.717, 1.165) is 17.3 Å². The number of aliphatic imine (C=N–C) groups is 1. The number of aromatic nitrogens is 1. The van der Waals surface area contributed by atoms with Gasteiger partial charge in [-0.25, -0.2) is 4.99 Å². The summed E-state index contributed by atoms with van der Waals surface area (Å²) in [6.45, 7) is 1.94. The molecule has 0 saturated carbocycles. The van der Waals surface area contributed by atoms with Gasteiger partial charge < -0.3 is 13.9 Å². The van der Waals surface area contributed by atoms with Gasteiger partial charge in [0.2, 0.25) is 5.90 Å². The molecule has 0 unspecified atom stereocenters. The van der Waals surface area contributed by atoms with Crippen LogP contribution in [0.15, 0.2) is 65.0 Å². The average Bonchev–Trinajstić information content (AvgIpc) is 3.18. The number of H-pyrrole nitrogens is 1. The van der Waals surface area contributed by atoms with Crippen LogP contribution < -0.4 is 0 Å². The van der Waals surface area contributed by atoms with E-state index in [1.165, 1.54) is 6.08 Å². The molecule has 148 valence electrons. The Bertz CT molecular complexity index is 1050. The number of ether oxygens (including phenoxy) is 1. The number of aromatic amines is 1. The van der Waals surface area contributed by atoms with Gasteiger partial charge in [0, 0.05) is 17.5 Å². The molecule has 1 aromatic heterocycles. The van der Waals surface area contributed by atoms with Crippen LogP contribution in [-0.2, 0) is 25.6 Å². The minimum Gasteiger partial charge on any atom is -0.486 e. The SMILES string of the molecule is Cc1ccc(/C=C2\N=C(OS(=O)(=O)C(F)(F)F)C=C2OCc2ccccc2)[nH]1. The molecule has 2 aromatic rings. The van der Waals surface area contributed by atoms with Crippen LogP contribution in [0.4, 0.5) is 13.2 Å². The van der Waals surface area contributed by atoms with Gasteiger partial charge in [0.05, 0.1) is 0 Å². The first kappa shape index (κ1) is 19.7. The summed E-state index contributed by atoms with van der Waals surface area (Å²) in [7, 11) is -5.83. The van der Waals surface area contributed by atoms with Crippen LogP contribution in [0.25, 0.3) is 6.08 Å². The normalized spacial score (nSPS) is 16.1. The number of nitrogens with one attached hydrogen (secondary N) is 1. The molecule has 0 atom stereocenters. The van der Waals surface area contributed by atoms with Crippen molar-refractivity contribution in [3.63, 3.8) is 0 Å². The number of hydrogen-bond acceptors (Lipinski definition) is 5. The third-order valence-electron chi connectivity index (χ3n) is 3.60. The van der Waals surface area contributed by atoms with E-state index in [1.807, 2.05) is 13.0 Å². The molecule has 0 bridgehead atoms. The third kappa shape index (κ3) is 4.63. The fourth-order valence-corrected chi connectivity index (χ4v) is 2.71. The molecule has 6 nitrogen and oxygen atoms in total. The number of benzene rings is 1. The molecule has 1 aliphatic heterocycles. The van der Waals surface area contributed by atoms with Crippen LogP contribution in [0.5, 0.6) is 0 Å². The van der Waals surface area contributed by atoms with Crippen molar-refractivity contribution in [2.75, 3.05) is 0 Å². The highest BCUT2D eigenvalue weighted by Crippen LogP contribution is 2.29. The van der Waals surface area contributed by atoms with Gasteiger partial charge in [0.15, 0.2) is 5.76 Å². The second-order valence-electron chi connectivity index (χ2n) is 5.84. The number of alkyl halides is 3. The summed E-state index contributed by atoms with van der Waals surface area (Å²) >= 11 is 0. The fourth-order valence-electron chi connectivity index (χ4n) is 2.31. The first-order valence-electron chi connectivity index (χ1n) is 7.99. The van der Waals surface area contributed by atoms with E-state index in [9.17, 15) is 21.6 Å². The van der Waals surface area contributed by atoms with E-state index >= 15 is 0 Å². The number of aryl methyl sites for hydroxylation is 1. The maximum atomic E-state index is 12.6. The van der Waals surface area contributed by atoms with E-state index in [4.69, 9.17) is 4.74 Å². The molecule has 28 heavy (non-hydrogen) atoms. The minimum atomic E-state index is -5.83. The monoisotopic (exact) mass is 412 g/mol. The van der Waals surface area contributed by atoms with Gasteiger partial charge in [0.1, 0.15) is 12.3 Å². The molecule has 1 aliphatic rings. The average molecular weight is 412 g/mol. The lowest BCUT2D eigenvalue weighted by Gasteiger charge is -2.07. The van der Waals surface area contributed by atoms with Crippen LogP contribution in [0.1, 0.15) is 17.0 Å². The van der Waals surface area contributed by atoms with E-state index in [1.54, 1.807) is 36.4 Å². The minimum absolute atomic E-state index is 0.0866. The second kappa shape index (κ2) is 7.55. The molecule has 3 rings (SSSR count). The zero-order valence-corrected chi connectivity index (χ0v) is 15.3. The van der Waals surface area contributed by atoms with Gasteiger partial charge in [0.25, 0.3) is 0 Å². The summed E-state index contributed by atoms with van der Waals surface area (Å²) < 4.78 is 69.9. The highest BCUT2D eigenvalue weighted by molar-refractivity contribution is 7.88. The Morgan fingerprint density at radius 2 is 1.86 bits per heavy atom. The number of nitrogens with zero attached hydrogens (tertiary/aromatic N) is 1. The lowest BCUT2D eigenvalue weighted by atomic mass is 10.2. The van der Waals surface area contributed by atoms with Gasteiger partial charge >= 0.3 is 15.6 Å². The van der Waals surface area contributed by atoms with Gasteiger partial charge in [-0.15, -0.1) is 0 Å². The Balaban J connectivity index is 1.86. The summed E-state index contributed by atoms with van der Waals surface area (Å²) in [5, 5.41) is 0. The van der Waals surface area contributed by atoms with E-state index in [2.05, 4.69) is 14.2 Å². The predicted molar refractivity (Wildman–Crippen MR) is 96.3 cm³/mol. The lowest BCUT2D eigenvalue weighted by Crippen LogP contribution is -2.27. The quantitative estimate of drug-likeness (QED) is 0.594. The van der Waals surface area contributed by atoms with Crippen molar-refractivity contribution in [3.8, 4) is 0 Å². The largest absolute Gasteiger partial charge is 0.534 e. The smallest absolute Gasteiger partial charge is 0.486 e. The van der Waals surface area contributed by atoms with Crippen LogP contribution in [0.2, 0.25) is 0 Å². The summed E-state index contributed by atoms with van der Waals surface area (Å²) in [5.41, 5.74) is -3.13. The molecule has 2 heterocycles. The molecule has 0 radical (unpaired) electrons. The molecule has 0 fully saturated rings. The van der Waals surface area contributed by atoms with E-state index < -0.39 is 21.5 Å². The van der Waals surface area contributed by atoms with Crippen LogP contribution in [0.3, 0.4) is 0 Å². The molecule has 0 amide bonds. The van der Waals surface area contributed by atoms with Crippen LogP contribution in [-0.4, -0.2) is 24.8 Å². The number of hydrogen-bond donors (Lipinski definition) is 1. The zero-order valence-electron chi connectivity index (χ0n) is 14.5. The van der Waals surface area contributed by atoms with Crippen molar-refractivity contribution in [1.82, 2.24) is 4.98 Å². The summed E-state index contributed by atoms with van der Waals surface area (Å²) in [4.78, 5) is 6.84. The van der Waals surface area contributed by atoms with Gasteiger partial charge in [-0.1, -0.05) is 30.3 Å². The van der Waals surface area contributed by atoms with Gasteiger partial charge in [-0.05, 0) is 30.7 Å². The van der Waals surface area contributed by atoms with Crippen LogP contribution >= 0.6 is 0 Å². The number of halogens is 3. The highest BCUT2D eigenvalue weighted by atomic mass is 32.2. The highest BCUT2D eigenvalue weighted by Gasteiger charge is 2.49. The Kier molecular flexibility index (Phi) is 5.32. The molecule has 1 aromatic carbocycles. The maximum Gasteiger partial charge on any atom is 0.534 e. The topological polar surface area (TPSA) is 80.8 Å². The molecular weight excluding hydrogens is 397 g/mol. The third-order valence-corrected chi connectivity index (χ3v) is 4.56. The predicted octanol–water partition coefficient (Wildman–Crippen LogP) is 4.04. The zero-order chi connectivity index (χ0) is 20.4. The van der Waals surface area contributed by atoms with Crippen molar-refractivity contribution in [2.45, 2.75) is 19.0 Å². The standard InChI is InChI=1S/C18H15F3N2O4S/c1-12-7-8-14(22-12)9-15-16(26-11-13-5-3-2-4-6-13)10-17(23-15)27-28(24,25)18(19,20)21/h2-10,22H,11H2,1H3/b15-9-. The van der Waals surface area contributed by atoms with Crippen LogP contribution in [0, 0.1) is 6.92 Å². The molecule has 10 heteroatoms. The van der Waals surface area contributed by atoms with Crippen molar-refractivity contribution in [1.29, 1.82) is 0 Å². The first-order chi connectivity index (χ1) is 13.1. The molecular formula is C18H15F3N2O4S. The summed E-state index contributed by atoms with van der Waals surface area (Å²) in [6.07, 6.45) is 2.52. The Hall–Kier alpha value is -3.01. The molecule has 1 N–H and O–H groups in total. The number of rotatable bonds is 5. The second-order valence-corrected chi connectivity index (χ2v) is 7.38. The summed E-state index contributed by atoms with van der Waals surface area (Å²) in [5.74, 6) is -0.640. The summed E-state index contributed by atoms with van der Waals surface area (Å²) in [6, 6.07) is 12.6. The Morgan fingerprint density at radius 3 is 2.46 bits per heavy atom. The van der Waals surface area contributed by atoms with Crippen molar-refractivity contribution >= 4 is 22.1 Å². The van der Waals surface area contributed by atoms with Gasteiger partial charge in [-0.2, -0.15) is 21.6 Å². The molecule has 0 aliphatic carbocycles. The first-order valence-corrected chi connectivity index (χ1v) is 9.40. The van der Waals surface area contributed by atoms with E-state index in [0.29, 0.717) is 5.69 Å². The molecule has 0 spiro atoms. The Labute approximate surface area is 159 Å². The molecule has 0 saturated heterocycles. The lowest BCUT2D eigenvalue weighted by molar-refractivity contribution is -0.0504. The maximum absolute atomic E-state index is 12.6. The van der Waals surface area contributed by atoms with Crippen molar-refractivity contribution in [3.05, 3.63) is 76.9 Å².